The molecule has 0 atom stereocenters. The molecule has 4 nitrogen and oxygen atoms in total. The van der Waals surface area contributed by atoms with Crippen LogP contribution in [0.3, 0.4) is 0 Å². The number of nitro benzene ring substituents is 1. The Hall–Kier alpha value is -0.940. The average molecular weight is 313 g/mol. The van der Waals surface area contributed by atoms with Crippen molar-refractivity contribution in [3.05, 3.63) is 38.3 Å². The van der Waals surface area contributed by atoms with E-state index in [9.17, 15) is 10.1 Å². The van der Waals surface area contributed by atoms with Gasteiger partial charge in [-0.2, -0.15) is 0 Å². The van der Waals surface area contributed by atoms with Crippen molar-refractivity contribution in [2.45, 2.75) is 32.1 Å². The maximum Gasteiger partial charge on any atom is 0.270 e. The fourth-order valence-corrected chi connectivity index (χ4v) is 3.28. The lowest BCUT2D eigenvalue weighted by molar-refractivity contribution is -0.384. The van der Waals surface area contributed by atoms with Crippen LogP contribution in [0.5, 0.6) is 0 Å². The van der Waals surface area contributed by atoms with Gasteiger partial charge in [0.15, 0.2) is 0 Å². The van der Waals surface area contributed by atoms with Crippen LogP contribution in [-0.4, -0.2) is 11.5 Å². The van der Waals surface area contributed by atoms with E-state index in [1.807, 2.05) is 6.07 Å². The molecule has 0 saturated heterocycles. The Morgan fingerprint density at radius 3 is 2.56 bits per heavy atom. The zero-order valence-corrected chi connectivity index (χ0v) is 11.8. The molecule has 0 aromatic heterocycles. The minimum atomic E-state index is -0.372. The van der Waals surface area contributed by atoms with Crippen LogP contribution in [0, 0.1) is 15.5 Å². The predicted octanol–water partition coefficient (Wildman–Crippen LogP) is 3.42. The number of rotatable bonds is 4. The third kappa shape index (κ3) is 2.72. The summed E-state index contributed by atoms with van der Waals surface area (Å²) in [6, 6.07) is 4.99. The number of nitrogens with two attached hydrogens (primary N) is 1. The van der Waals surface area contributed by atoms with Gasteiger partial charge in [-0.25, -0.2) is 0 Å². The van der Waals surface area contributed by atoms with Crippen molar-refractivity contribution in [3.8, 4) is 0 Å². The van der Waals surface area contributed by atoms with Gasteiger partial charge in [-0.05, 0) is 36.8 Å². The molecule has 1 saturated carbocycles. The zero-order chi connectivity index (χ0) is 13.2. The molecule has 5 heteroatoms. The molecule has 2 rings (SSSR count). The van der Waals surface area contributed by atoms with Gasteiger partial charge >= 0.3 is 0 Å². The fourth-order valence-electron chi connectivity index (χ4n) is 2.78. The topological polar surface area (TPSA) is 69.2 Å². The normalized spacial score (nSPS) is 17.9. The lowest BCUT2D eigenvalue weighted by Crippen LogP contribution is -2.29. The summed E-state index contributed by atoms with van der Waals surface area (Å²) in [7, 11) is 0. The second-order valence-electron chi connectivity index (χ2n) is 5.12. The molecule has 0 spiro atoms. The van der Waals surface area contributed by atoms with E-state index in [2.05, 4.69) is 15.9 Å². The summed E-state index contributed by atoms with van der Waals surface area (Å²) < 4.78 is 0.816. The molecule has 0 radical (unpaired) electrons. The molecule has 0 aliphatic heterocycles. The van der Waals surface area contributed by atoms with Crippen LogP contribution in [0.4, 0.5) is 5.69 Å². The van der Waals surface area contributed by atoms with Crippen molar-refractivity contribution < 1.29 is 4.92 Å². The van der Waals surface area contributed by atoms with Crippen LogP contribution in [-0.2, 0) is 6.42 Å². The highest BCUT2D eigenvalue weighted by Crippen LogP contribution is 2.41. The third-order valence-electron chi connectivity index (χ3n) is 3.91. The molecule has 2 N–H and O–H groups in total. The van der Waals surface area contributed by atoms with Gasteiger partial charge in [0.25, 0.3) is 5.69 Å². The van der Waals surface area contributed by atoms with Gasteiger partial charge < -0.3 is 5.73 Å². The molecule has 1 aromatic carbocycles. The van der Waals surface area contributed by atoms with E-state index in [4.69, 9.17) is 5.73 Å². The fraction of sp³-hybridized carbons (Fsp3) is 0.538. The maximum absolute atomic E-state index is 10.7. The number of halogens is 1. The number of nitro groups is 1. The van der Waals surface area contributed by atoms with Crippen molar-refractivity contribution in [1.82, 2.24) is 0 Å². The molecular weight excluding hydrogens is 296 g/mol. The standard InChI is InChI=1S/C13H17BrN2O2/c14-12-7-11(16(17)18)4-3-10(12)8-13(9-15)5-1-2-6-13/h3-4,7H,1-2,5-6,8-9,15H2. The first-order valence-electron chi connectivity index (χ1n) is 6.19. The lowest BCUT2D eigenvalue weighted by atomic mass is 9.80. The van der Waals surface area contributed by atoms with Gasteiger partial charge in [0.05, 0.1) is 4.92 Å². The summed E-state index contributed by atoms with van der Waals surface area (Å²) >= 11 is 3.43. The minimum Gasteiger partial charge on any atom is -0.330 e. The Kier molecular flexibility index (Phi) is 4.02. The van der Waals surface area contributed by atoms with E-state index in [1.54, 1.807) is 12.1 Å². The van der Waals surface area contributed by atoms with Gasteiger partial charge in [-0.3, -0.25) is 10.1 Å². The highest BCUT2D eigenvalue weighted by atomic mass is 79.9. The second-order valence-corrected chi connectivity index (χ2v) is 5.98. The van der Waals surface area contributed by atoms with Crippen LogP contribution >= 0.6 is 15.9 Å². The molecule has 1 aliphatic carbocycles. The van der Waals surface area contributed by atoms with E-state index < -0.39 is 0 Å². The third-order valence-corrected chi connectivity index (χ3v) is 4.65. The molecule has 1 aromatic rings. The summed E-state index contributed by atoms with van der Waals surface area (Å²) in [5.74, 6) is 0. The molecular formula is C13H17BrN2O2. The zero-order valence-electron chi connectivity index (χ0n) is 10.2. The van der Waals surface area contributed by atoms with Gasteiger partial charge in [-0.1, -0.05) is 34.8 Å². The monoisotopic (exact) mass is 312 g/mol. The van der Waals surface area contributed by atoms with E-state index in [0.717, 1.165) is 29.3 Å². The van der Waals surface area contributed by atoms with Crippen LogP contribution in [0.2, 0.25) is 0 Å². The highest BCUT2D eigenvalue weighted by Gasteiger charge is 2.33. The smallest absolute Gasteiger partial charge is 0.270 e. The average Bonchev–Trinajstić information content (AvgIpc) is 2.81. The second kappa shape index (κ2) is 5.36. The number of nitrogens with zero attached hydrogens (tertiary/aromatic N) is 1. The molecule has 18 heavy (non-hydrogen) atoms. The quantitative estimate of drug-likeness (QED) is 0.684. The van der Waals surface area contributed by atoms with Gasteiger partial charge in [0.2, 0.25) is 0 Å². The van der Waals surface area contributed by atoms with Gasteiger partial charge in [0, 0.05) is 16.6 Å². The number of benzene rings is 1. The largest absolute Gasteiger partial charge is 0.330 e. The molecule has 0 heterocycles. The first-order chi connectivity index (χ1) is 8.56. The number of hydrogen-bond acceptors (Lipinski definition) is 3. The lowest BCUT2D eigenvalue weighted by Gasteiger charge is -2.27. The first kappa shape index (κ1) is 13.5. The van der Waals surface area contributed by atoms with E-state index in [0.29, 0.717) is 6.54 Å². The first-order valence-corrected chi connectivity index (χ1v) is 6.98. The van der Waals surface area contributed by atoms with E-state index in [1.165, 1.54) is 12.8 Å². The van der Waals surface area contributed by atoms with Crippen LogP contribution in [0.15, 0.2) is 22.7 Å². The van der Waals surface area contributed by atoms with E-state index >= 15 is 0 Å². The Balaban J connectivity index is 2.21. The Morgan fingerprint density at radius 2 is 2.06 bits per heavy atom. The molecule has 0 unspecified atom stereocenters. The van der Waals surface area contributed by atoms with E-state index in [-0.39, 0.29) is 16.0 Å². The van der Waals surface area contributed by atoms with Crippen molar-refractivity contribution in [2.75, 3.05) is 6.54 Å². The molecule has 1 aliphatic rings. The van der Waals surface area contributed by atoms with Crippen molar-refractivity contribution in [2.24, 2.45) is 11.1 Å². The van der Waals surface area contributed by atoms with Crippen LogP contribution in [0.25, 0.3) is 0 Å². The Labute approximate surface area is 115 Å². The summed E-state index contributed by atoms with van der Waals surface area (Å²) in [6.07, 6.45) is 5.70. The Bertz CT molecular complexity index is 456. The summed E-state index contributed by atoms with van der Waals surface area (Å²) in [4.78, 5) is 10.3. The number of hydrogen-bond donors (Lipinski definition) is 1. The molecule has 98 valence electrons. The minimum absolute atomic E-state index is 0.124. The summed E-state index contributed by atoms with van der Waals surface area (Å²) in [5, 5.41) is 10.7. The SMILES string of the molecule is NCC1(Cc2ccc([N+](=O)[O-])cc2Br)CCCC1. The van der Waals surface area contributed by atoms with Crippen LogP contribution in [0.1, 0.15) is 31.2 Å². The summed E-state index contributed by atoms with van der Waals surface area (Å²) in [6.45, 7) is 0.691. The maximum atomic E-state index is 10.7. The molecule has 0 amide bonds. The molecule has 1 fully saturated rings. The summed E-state index contributed by atoms with van der Waals surface area (Å²) in [5.41, 5.74) is 7.36. The number of non-ortho nitro benzene ring substituents is 1. The van der Waals surface area contributed by atoms with Crippen molar-refractivity contribution in [1.29, 1.82) is 0 Å². The van der Waals surface area contributed by atoms with Crippen LogP contribution < -0.4 is 5.73 Å². The van der Waals surface area contributed by atoms with Gasteiger partial charge in [-0.15, -0.1) is 0 Å². The highest BCUT2D eigenvalue weighted by molar-refractivity contribution is 9.10. The van der Waals surface area contributed by atoms with Crippen molar-refractivity contribution >= 4 is 21.6 Å². The van der Waals surface area contributed by atoms with Crippen molar-refractivity contribution in [3.63, 3.8) is 0 Å². The Morgan fingerprint density at radius 1 is 1.39 bits per heavy atom. The predicted molar refractivity (Wildman–Crippen MR) is 74.5 cm³/mol. The van der Waals surface area contributed by atoms with Gasteiger partial charge in [0.1, 0.15) is 0 Å². The molecule has 0 bridgehead atoms.